The number of unbranched alkanes of at least 4 members (excludes halogenated alkanes) is 2. The minimum atomic E-state index is -4.64. The Bertz CT molecular complexity index is 401. The summed E-state index contributed by atoms with van der Waals surface area (Å²) in [6.45, 7) is 2.08. The maximum Gasteiger partial charge on any atom is 0.419 e. The van der Waals surface area contributed by atoms with Crippen LogP contribution in [0.4, 0.5) is 17.6 Å². The minimum absolute atomic E-state index is 0.108. The molecular formula is C14H19F4N. The van der Waals surface area contributed by atoms with Gasteiger partial charge in [0, 0.05) is 6.04 Å². The third-order valence-corrected chi connectivity index (χ3v) is 3.15. The Labute approximate surface area is 111 Å². The first-order valence-corrected chi connectivity index (χ1v) is 6.44. The zero-order valence-corrected chi connectivity index (χ0v) is 11.1. The number of hydrogen-bond acceptors (Lipinski definition) is 1. The van der Waals surface area contributed by atoms with E-state index < -0.39 is 17.6 Å². The molecule has 19 heavy (non-hydrogen) atoms. The molecule has 5 heteroatoms. The predicted octanol–water partition coefficient (Wildman–Crippen LogP) is 4.69. The van der Waals surface area contributed by atoms with Crippen LogP contribution in [0.3, 0.4) is 0 Å². The van der Waals surface area contributed by atoms with E-state index in [-0.39, 0.29) is 6.04 Å². The Balaban J connectivity index is 2.86. The number of halogens is 4. The molecule has 0 aliphatic rings. The van der Waals surface area contributed by atoms with E-state index in [0.717, 1.165) is 37.8 Å². The van der Waals surface area contributed by atoms with Crippen molar-refractivity contribution < 1.29 is 17.6 Å². The van der Waals surface area contributed by atoms with Crippen LogP contribution in [0.15, 0.2) is 18.2 Å². The van der Waals surface area contributed by atoms with Crippen molar-refractivity contribution in [3.63, 3.8) is 0 Å². The third kappa shape index (κ3) is 4.49. The van der Waals surface area contributed by atoms with Gasteiger partial charge in [-0.25, -0.2) is 4.39 Å². The second-order valence-corrected chi connectivity index (χ2v) is 4.57. The van der Waals surface area contributed by atoms with Gasteiger partial charge in [-0.3, -0.25) is 0 Å². The van der Waals surface area contributed by atoms with Gasteiger partial charge < -0.3 is 5.32 Å². The number of alkyl halides is 3. The fraction of sp³-hybridized carbons (Fsp3) is 0.571. The van der Waals surface area contributed by atoms with Crippen LogP contribution >= 0.6 is 0 Å². The zero-order valence-electron chi connectivity index (χ0n) is 11.1. The van der Waals surface area contributed by atoms with Crippen LogP contribution in [0.1, 0.15) is 49.8 Å². The summed E-state index contributed by atoms with van der Waals surface area (Å²) in [6, 6.07) is 3.03. The SMILES string of the molecule is CCCCCC(NC)c1ccc(C(F)(F)F)c(F)c1. The van der Waals surface area contributed by atoms with E-state index in [0.29, 0.717) is 5.56 Å². The number of nitrogens with one attached hydrogen (secondary N) is 1. The van der Waals surface area contributed by atoms with E-state index in [1.807, 2.05) is 0 Å². The molecule has 0 bridgehead atoms. The molecule has 0 heterocycles. The van der Waals surface area contributed by atoms with Crippen molar-refractivity contribution in [3.05, 3.63) is 35.1 Å². The fourth-order valence-electron chi connectivity index (χ4n) is 2.05. The Morgan fingerprint density at radius 2 is 1.89 bits per heavy atom. The van der Waals surface area contributed by atoms with E-state index in [2.05, 4.69) is 12.2 Å². The Hall–Kier alpha value is -1.10. The summed E-state index contributed by atoms with van der Waals surface area (Å²) in [5.41, 5.74) is -0.649. The van der Waals surface area contributed by atoms with Crippen molar-refractivity contribution in [1.82, 2.24) is 5.32 Å². The standard InChI is InChI=1S/C14H19F4N/c1-3-4-5-6-13(19-2)10-7-8-11(12(15)9-10)14(16,17)18/h7-9,13,19H,3-6H2,1-2H3. The molecule has 1 nitrogen and oxygen atoms in total. The molecule has 1 rings (SSSR count). The van der Waals surface area contributed by atoms with Gasteiger partial charge in [-0.1, -0.05) is 32.3 Å². The molecule has 1 atom stereocenters. The topological polar surface area (TPSA) is 12.0 Å². The highest BCUT2D eigenvalue weighted by Gasteiger charge is 2.34. The van der Waals surface area contributed by atoms with Gasteiger partial charge in [0.15, 0.2) is 0 Å². The fourth-order valence-corrected chi connectivity index (χ4v) is 2.05. The molecule has 0 saturated carbocycles. The molecule has 0 aliphatic heterocycles. The van der Waals surface area contributed by atoms with Crippen LogP contribution < -0.4 is 5.32 Å². The average molecular weight is 277 g/mol. The van der Waals surface area contributed by atoms with Crippen LogP contribution in [-0.4, -0.2) is 7.05 Å². The van der Waals surface area contributed by atoms with Gasteiger partial charge in [0.2, 0.25) is 0 Å². The van der Waals surface area contributed by atoms with Crippen LogP contribution in [0.5, 0.6) is 0 Å². The van der Waals surface area contributed by atoms with E-state index >= 15 is 0 Å². The molecule has 0 spiro atoms. The number of rotatable bonds is 6. The molecule has 1 unspecified atom stereocenters. The van der Waals surface area contributed by atoms with Crippen LogP contribution in [0.25, 0.3) is 0 Å². The number of benzene rings is 1. The third-order valence-electron chi connectivity index (χ3n) is 3.15. The molecule has 0 aliphatic carbocycles. The zero-order chi connectivity index (χ0) is 14.5. The summed E-state index contributed by atoms with van der Waals surface area (Å²) in [7, 11) is 1.73. The molecule has 0 fully saturated rings. The Morgan fingerprint density at radius 3 is 2.37 bits per heavy atom. The van der Waals surface area contributed by atoms with Crippen LogP contribution in [0, 0.1) is 5.82 Å². The molecule has 1 aromatic carbocycles. The molecule has 0 saturated heterocycles. The van der Waals surface area contributed by atoms with E-state index in [1.165, 1.54) is 6.07 Å². The lowest BCUT2D eigenvalue weighted by Gasteiger charge is -2.18. The summed E-state index contributed by atoms with van der Waals surface area (Å²) >= 11 is 0. The highest BCUT2D eigenvalue weighted by Crippen LogP contribution is 2.33. The van der Waals surface area contributed by atoms with Crippen molar-refractivity contribution in [2.75, 3.05) is 7.05 Å². The molecule has 108 valence electrons. The molecule has 0 amide bonds. The van der Waals surface area contributed by atoms with Crippen molar-refractivity contribution in [1.29, 1.82) is 0 Å². The monoisotopic (exact) mass is 277 g/mol. The van der Waals surface area contributed by atoms with E-state index in [1.54, 1.807) is 7.05 Å². The predicted molar refractivity (Wildman–Crippen MR) is 67.3 cm³/mol. The van der Waals surface area contributed by atoms with Crippen LogP contribution in [-0.2, 0) is 6.18 Å². The molecular weight excluding hydrogens is 258 g/mol. The van der Waals surface area contributed by atoms with Crippen molar-refractivity contribution in [3.8, 4) is 0 Å². The average Bonchev–Trinajstić information content (AvgIpc) is 2.33. The van der Waals surface area contributed by atoms with Crippen molar-refractivity contribution in [2.24, 2.45) is 0 Å². The smallest absolute Gasteiger partial charge is 0.313 e. The molecule has 0 aromatic heterocycles. The van der Waals surface area contributed by atoms with Gasteiger partial charge in [0.1, 0.15) is 5.82 Å². The second-order valence-electron chi connectivity index (χ2n) is 4.57. The van der Waals surface area contributed by atoms with E-state index in [4.69, 9.17) is 0 Å². The summed E-state index contributed by atoms with van der Waals surface area (Å²) < 4.78 is 50.9. The molecule has 1 aromatic rings. The quantitative estimate of drug-likeness (QED) is 0.588. The largest absolute Gasteiger partial charge is 0.419 e. The highest BCUT2D eigenvalue weighted by atomic mass is 19.4. The lowest BCUT2D eigenvalue weighted by atomic mass is 9.99. The summed E-state index contributed by atoms with van der Waals surface area (Å²) in [5.74, 6) is -1.21. The van der Waals surface area contributed by atoms with Gasteiger partial charge in [-0.15, -0.1) is 0 Å². The van der Waals surface area contributed by atoms with Crippen LogP contribution in [0.2, 0.25) is 0 Å². The van der Waals surface area contributed by atoms with Crippen molar-refractivity contribution in [2.45, 2.75) is 44.8 Å². The normalized spacial score (nSPS) is 13.6. The first-order valence-electron chi connectivity index (χ1n) is 6.44. The highest BCUT2D eigenvalue weighted by molar-refractivity contribution is 5.28. The first kappa shape index (κ1) is 16.0. The second kappa shape index (κ2) is 6.89. The maximum atomic E-state index is 13.5. The maximum absolute atomic E-state index is 13.5. The lowest BCUT2D eigenvalue weighted by molar-refractivity contribution is -0.140. The van der Waals surface area contributed by atoms with Crippen molar-refractivity contribution >= 4 is 0 Å². The Kier molecular flexibility index (Phi) is 5.79. The Morgan fingerprint density at radius 1 is 1.21 bits per heavy atom. The van der Waals surface area contributed by atoms with Gasteiger partial charge >= 0.3 is 6.18 Å². The van der Waals surface area contributed by atoms with Gasteiger partial charge in [-0.2, -0.15) is 13.2 Å². The van der Waals surface area contributed by atoms with Gasteiger partial charge in [0.05, 0.1) is 5.56 Å². The summed E-state index contributed by atoms with van der Waals surface area (Å²) in [6.07, 6.45) is -0.765. The van der Waals surface area contributed by atoms with E-state index in [9.17, 15) is 17.6 Å². The lowest BCUT2D eigenvalue weighted by Crippen LogP contribution is -2.17. The summed E-state index contributed by atoms with van der Waals surface area (Å²) in [5, 5.41) is 3.01. The number of hydrogen-bond donors (Lipinski definition) is 1. The van der Waals surface area contributed by atoms with Gasteiger partial charge in [0.25, 0.3) is 0 Å². The van der Waals surface area contributed by atoms with Gasteiger partial charge in [-0.05, 0) is 31.2 Å². The first-order chi connectivity index (χ1) is 8.90. The summed E-state index contributed by atoms with van der Waals surface area (Å²) in [4.78, 5) is 0. The minimum Gasteiger partial charge on any atom is -0.313 e. The molecule has 0 radical (unpaired) electrons. The molecule has 1 N–H and O–H groups in total.